The first-order chi connectivity index (χ1) is 5.70. The summed E-state index contributed by atoms with van der Waals surface area (Å²) >= 11 is 0. The van der Waals surface area contributed by atoms with Gasteiger partial charge in [0.25, 0.3) is 5.56 Å². The molecule has 0 saturated carbocycles. The molecule has 0 radical (unpaired) electrons. The summed E-state index contributed by atoms with van der Waals surface area (Å²) in [4.78, 5) is 21.0. The van der Waals surface area contributed by atoms with Crippen LogP contribution in [0.1, 0.15) is 11.4 Å². The highest BCUT2D eigenvalue weighted by Gasteiger charge is 2.07. The van der Waals surface area contributed by atoms with Crippen LogP contribution in [0.3, 0.4) is 0 Å². The Bertz CT molecular complexity index is 480. The van der Waals surface area contributed by atoms with Crippen molar-refractivity contribution in [2.24, 2.45) is 0 Å². The third-order valence-corrected chi connectivity index (χ3v) is 1.96. The predicted molar refractivity (Wildman–Crippen MR) is 46.2 cm³/mol. The molecule has 0 saturated heterocycles. The lowest BCUT2D eigenvalue weighted by atomic mass is 10.3. The molecule has 0 aliphatic carbocycles. The molecule has 0 fully saturated rings. The summed E-state index contributed by atoms with van der Waals surface area (Å²) in [6.45, 7) is 3.77. The molecular weight excluding hydrogens is 154 g/mol. The number of hydrogen-bond donors (Lipinski definition) is 2. The minimum absolute atomic E-state index is 0.0816. The van der Waals surface area contributed by atoms with Crippen molar-refractivity contribution in [3.05, 3.63) is 28.1 Å². The highest BCUT2D eigenvalue weighted by atomic mass is 16.1. The van der Waals surface area contributed by atoms with Gasteiger partial charge in [0, 0.05) is 11.4 Å². The van der Waals surface area contributed by atoms with Crippen LogP contribution in [-0.2, 0) is 0 Å². The minimum Gasteiger partial charge on any atom is -0.360 e. The number of aromatic nitrogens is 3. The Hall–Kier alpha value is -1.58. The molecule has 0 atom stereocenters. The summed E-state index contributed by atoms with van der Waals surface area (Å²) in [5, 5.41) is 0.662. The van der Waals surface area contributed by atoms with Gasteiger partial charge in [0.15, 0.2) is 0 Å². The van der Waals surface area contributed by atoms with Crippen molar-refractivity contribution in [2.75, 3.05) is 0 Å². The smallest absolute Gasteiger partial charge is 0.260 e. The summed E-state index contributed by atoms with van der Waals surface area (Å²) in [6.07, 6.45) is 1.42. The highest BCUT2D eigenvalue weighted by Crippen LogP contribution is 2.13. The second-order valence-electron chi connectivity index (χ2n) is 2.83. The van der Waals surface area contributed by atoms with Crippen LogP contribution in [0.5, 0.6) is 0 Å². The fourth-order valence-corrected chi connectivity index (χ4v) is 1.43. The Kier molecular flexibility index (Phi) is 1.30. The van der Waals surface area contributed by atoms with Crippen LogP contribution in [0.4, 0.5) is 0 Å². The van der Waals surface area contributed by atoms with Gasteiger partial charge in [0.2, 0.25) is 0 Å². The zero-order chi connectivity index (χ0) is 8.72. The molecule has 12 heavy (non-hydrogen) atoms. The molecule has 62 valence electrons. The van der Waals surface area contributed by atoms with Gasteiger partial charge in [-0.2, -0.15) is 0 Å². The van der Waals surface area contributed by atoms with Crippen molar-refractivity contribution in [2.45, 2.75) is 13.8 Å². The summed E-state index contributed by atoms with van der Waals surface area (Å²) < 4.78 is 0. The van der Waals surface area contributed by atoms with Gasteiger partial charge in [-0.25, -0.2) is 4.98 Å². The second kappa shape index (κ2) is 2.20. The molecule has 0 bridgehead atoms. The standard InChI is InChI=1S/C8H9N3O/c1-4-6-7(5(2)11-4)9-3-10-8(6)12/h3,11H,1-2H3,(H,9,10,12). The lowest BCUT2D eigenvalue weighted by Gasteiger charge is -1.87. The first-order valence-corrected chi connectivity index (χ1v) is 3.72. The van der Waals surface area contributed by atoms with Gasteiger partial charge in [-0.1, -0.05) is 0 Å². The van der Waals surface area contributed by atoms with Gasteiger partial charge < -0.3 is 9.97 Å². The largest absolute Gasteiger partial charge is 0.360 e. The van der Waals surface area contributed by atoms with Crippen LogP contribution in [-0.4, -0.2) is 15.0 Å². The van der Waals surface area contributed by atoms with Crippen LogP contribution in [0.2, 0.25) is 0 Å². The molecule has 4 nitrogen and oxygen atoms in total. The molecular formula is C8H9N3O. The average Bonchev–Trinajstić information content (AvgIpc) is 2.29. The first kappa shape index (κ1) is 7.09. The summed E-state index contributed by atoms with van der Waals surface area (Å²) in [5.74, 6) is 0. The van der Waals surface area contributed by atoms with E-state index in [-0.39, 0.29) is 5.56 Å². The fraction of sp³-hybridized carbons (Fsp3) is 0.250. The lowest BCUT2D eigenvalue weighted by molar-refractivity contribution is 1.17. The SMILES string of the molecule is Cc1[nH]c(C)c2c(=O)[nH]cnc12. The van der Waals surface area contributed by atoms with Crippen molar-refractivity contribution < 1.29 is 0 Å². The third-order valence-electron chi connectivity index (χ3n) is 1.96. The monoisotopic (exact) mass is 163 g/mol. The van der Waals surface area contributed by atoms with Gasteiger partial charge in [-0.15, -0.1) is 0 Å². The zero-order valence-corrected chi connectivity index (χ0v) is 6.93. The fourth-order valence-electron chi connectivity index (χ4n) is 1.43. The Morgan fingerprint density at radius 3 is 2.75 bits per heavy atom. The van der Waals surface area contributed by atoms with Crippen LogP contribution in [0, 0.1) is 13.8 Å². The average molecular weight is 163 g/mol. The van der Waals surface area contributed by atoms with Gasteiger partial charge in [-0.3, -0.25) is 4.79 Å². The van der Waals surface area contributed by atoms with Gasteiger partial charge in [0.05, 0.1) is 17.2 Å². The van der Waals surface area contributed by atoms with Crippen LogP contribution >= 0.6 is 0 Å². The van der Waals surface area contributed by atoms with Gasteiger partial charge in [0.1, 0.15) is 0 Å². The number of nitrogens with one attached hydrogen (secondary N) is 2. The maximum atomic E-state index is 11.3. The summed E-state index contributed by atoms with van der Waals surface area (Å²) in [6, 6.07) is 0. The van der Waals surface area contributed by atoms with E-state index in [9.17, 15) is 4.79 Å². The maximum Gasteiger partial charge on any atom is 0.260 e. The summed E-state index contributed by atoms with van der Waals surface area (Å²) in [5.41, 5.74) is 2.49. The number of aromatic amines is 2. The summed E-state index contributed by atoms with van der Waals surface area (Å²) in [7, 11) is 0. The van der Waals surface area contributed by atoms with E-state index in [1.165, 1.54) is 6.33 Å². The number of aryl methyl sites for hydroxylation is 2. The number of rotatable bonds is 0. The highest BCUT2D eigenvalue weighted by molar-refractivity contribution is 5.82. The number of nitrogens with zero attached hydrogens (tertiary/aromatic N) is 1. The van der Waals surface area contributed by atoms with Crippen molar-refractivity contribution in [3.8, 4) is 0 Å². The molecule has 0 unspecified atom stereocenters. The van der Waals surface area contributed by atoms with Crippen LogP contribution in [0.15, 0.2) is 11.1 Å². The third kappa shape index (κ3) is 0.777. The van der Waals surface area contributed by atoms with E-state index < -0.39 is 0 Å². The van der Waals surface area contributed by atoms with E-state index in [2.05, 4.69) is 15.0 Å². The molecule has 0 amide bonds. The molecule has 0 aromatic carbocycles. The molecule has 0 aliphatic heterocycles. The Balaban J connectivity index is 3.09. The molecule has 2 heterocycles. The van der Waals surface area contributed by atoms with Crippen molar-refractivity contribution >= 4 is 10.9 Å². The topological polar surface area (TPSA) is 61.5 Å². The maximum absolute atomic E-state index is 11.3. The van der Waals surface area contributed by atoms with E-state index in [0.29, 0.717) is 5.39 Å². The Morgan fingerprint density at radius 1 is 1.33 bits per heavy atom. The van der Waals surface area contributed by atoms with Crippen molar-refractivity contribution in [3.63, 3.8) is 0 Å². The zero-order valence-electron chi connectivity index (χ0n) is 6.93. The van der Waals surface area contributed by atoms with Crippen molar-refractivity contribution in [1.29, 1.82) is 0 Å². The van der Waals surface area contributed by atoms with E-state index in [1.807, 2.05) is 13.8 Å². The molecule has 2 aromatic rings. The first-order valence-electron chi connectivity index (χ1n) is 3.72. The van der Waals surface area contributed by atoms with Crippen LogP contribution in [0.25, 0.3) is 10.9 Å². The van der Waals surface area contributed by atoms with E-state index in [4.69, 9.17) is 0 Å². The number of hydrogen-bond acceptors (Lipinski definition) is 2. The van der Waals surface area contributed by atoms with E-state index in [0.717, 1.165) is 16.9 Å². The Labute approximate surface area is 68.7 Å². The van der Waals surface area contributed by atoms with Crippen molar-refractivity contribution in [1.82, 2.24) is 15.0 Å². The quantitative estimate of drug-likeness (QED) is 0.605. The van der Waals surface area contributed by atoms with Gasteiger partial charge in [-0.05, 0) is 13.8 Å². The van der Waals surface area contributed by atoms with Crippen LogP contribution < -0.4 is 5.56 Å². The number of fused-ring (bicyclic) bond motifs is 1. The lowest BCUT2D eigenvalue weighted by Crippen LogP contribution is -2.05. The minimum atomic E-state index is -0.0816. The molecule has 0 spiro atoms. The molecule has 0 aliphatic rings. The molecule has 2 rings (SSSR count). The van der Waals surface area contributed by atoms with E-state index >= 15 is 0 Å². The molecule has 2 aromatic heterocycles. The second-order valence-corrected chi connectivity index (χ2v) is 2.83. The Morgan fingerprint density at radius 2 is 2.08 bits per heavy atom. The number of H-pyrrole nitrogens is 2. The normalized spacial score (nSPS) is 10.8. The molecule has 4 heteroatoms. The molecule has 2 N–H and O–H groups in total. The van der Waals surface area contributed by atoms with E-state index in [1.54, 1.807) is 0 Å². The van der Waals surface area contributed by atoms with Gasteiger partial charge >= 0.3 is 0 Å². The predicted octanol–water partition coefficient (Wildman–Crippen LogP) is 0.868.